The Labute approximate surface area is 141 Å². The first-order valence-corrected chi connectivity index (χ1v) is 10.7. The highest BCUT2D eigenvalue weighted by Gasteiger charge is 2.22. The third-order valence-electron chi connectivity index (χ3n) is 4.32. The quantitative estimate of drug-likeness (QED) is 0.480. The standard InChI is InChI=1S/C18H18ClF2OSi/c19-23-11-9-16(10-12-23)14-3-1-13(2-4-14)15-5-7-17(8-6-15)22-18(20)21/h1-8,16,18H,9-12H2. The molecule has 2 aromatic carbocycles. The van der Waals surface area contributed by atoms with Crippen LogP contribution in [0.25, 0.3) is 11.1 Å². The van der Waals surface area contributed by atoms with Crippen molar-refractivity contribution in [2.75, 3.05) is 0 Å². The van der Waals surface area contributed by atoms with E-state index in [0.29, 0.717) is 5.92 Å². The molecular formula is C18H18ClF2OSi. The van der Waals surface area contributed by atoms with E-state index in [1.165, 1.54) is 30.5 Å². The van der Waals surface area contributed by atoms with E-state index in [1.807, 2.05) is 0 Å². The summed E-state index contributed by atoms with van der Waals surface area (Å²) in [4.78, 5) is 0. The summed E-state index contributed by atoms with van der Waals surface area (Å²) in [6, 6.07) is 17.7. The van der Waals surface area contributed by atoms with Gasteiger partial charge in [-0.25, -0.2) is 0 Å². The molecule has 5 heteroatoms. The molecule has 0 saturated carbocycles. The highest BCUT2D eigenvalue weighted by atomic mass is 35.6. The lowest BCUT2D eigenvalue weighted by atomic mass is 9.92. The number of ether oxygens (including phenoxy) is 1. The first-order valence-electron chi connectivity index (χ1n) is 7.77. The van der Waals surface area contributed by atoms with Crippen LogP contribution in [-0.4, -0.2) is 14.7 Å². The third kappa shape index (κ3) is 4.33. The molecular weight excluding hydrogens is 334 g/mol. The minimum Gasteiger partial charge on any atom is -0.435 e. The number of hydrogen-bond donors (Lipinski definition) is 0. The fourth-order valence-corrected chi connectivity index (χ4v) is 5.27. The molecule has 0 amide bonds. The van der Waals surface area contributed by atoms with Gasteiger partial charge in [0.15, 0.2) is 8.11 Å². The van der Waals surface area contributed by atoms with Crippen LogP contribution in [0.1, 0.15) is 24.3 Å². The smallest absolute Gasteiger partial charge is 0.387 e. The molecule has 0 bridgehead atoms. The van der Waals surface area contributed by atoms with Crippen molar-refractivity contribution in [3.63, 3.8) is 0 Å². The molecule has 1 saturated heterocycles. The monoisotopic (exact) mass is 351 g/mol. The summed E-state index contributed by atoms with van der Waals surface area (Å²) >= 11 is 6.26. The Morgan fingerprint density at radius 3 is 1.96 bits per heavy atom. The van der Waals surface area contributed by atoms with E-state index in [9.17, 15) is 8.78 Å². The van der Waals surface area contributed by atoms with Crippen LogP contribution in [-0.2, 0) is 0 Å². The minimum absolute atomic E-state index is 0.182. The second-order valence-corrected chi connectivity index (χ2v) is 9.45. The Morgan fingerprint density at radius 1 is 0.913 bits per heavy atom. The van der Waals surface area contributed by atoms with Crippen molar-refractivity contribution >= 4 is 19.2 Å². The largest absolute Gasteiger partial charge is 0.435 e. The molecule has 0 spiro atoms. The maximum Gasteiger partial charge on any atom is 0.387 e. The van der Waals surface area contributed by atoms with Gasteiger partial charge in [-0.3, -0.25) is 0 Å². The van der Waals surface area contributed by atoms with Crippen molar-refractivity contribution in [2.45, 2.75) is 37.5 Å². The van der Waals surface area contributed by atoms with E-state index in [4.69, 9.17) is 11.1 Å². The molecule has 2 aromatic rings. The summed E-state index contributed by atoms with van der Waals surface area (Å²) in [6.07, 6.45) is 2.38. The fourth-order valence-electron chi connectivity index (χ4n) is 3.04. The molecule has 23 heavy (non-hydrogen) atoms. The first-order chi connectivity index (χ1) is 11.1. The lowest BCUT2D eigenvalue weighted by Crippen LogP contribution is -2.14. The summed E-state index contributed by atoms with van der Waals surface area (Å²) < 4.78 is 28.7. The summed E-state index contributed by atoms with van der Waals surface area (Å²) in [7, 11) is -0.589. The van der Waals surface area contributed by atoms with E-state index in [-0.39, 0.29) is 5.75 Å². The molecule has 1 aliphatic rings. The molecule has 121 valence electrons. The zero-order valence-corrected chi connectivity index (χ0v) is 14.4. The van der Waals surface area contributed by atoms with E-state index in [2.05, 4.69) is 29.0 Å². The van der Waals surface area contributed by atoms with Crippen LogP contribution in [0.2, 0.25) is 12.1 Å². The summed E-state index contributed by atoms with van der Waals surface area (Å²) in [5, 5.41) is 0. The number of halogens is 3. The van der Waals surface area contributed by atoms with E-state index >= 15 is 0 Å². The Bertz CT molecular complexity index is 622. The van der Waals surface area contributed by atoms with Gasteiger partial charge < -0.3 is 4.74 Å². The van der Waals surface area contributed by atoms with Gasteiger partial charge in [-0.15, -0.1) is 0 Å². The van der Waals surface area contributed by atoms with Gasteiger partial charge in [-0.05, 0) is 59.7 Å². The van der Waals surface area contributed by atoms with Crippen LogP contribution in [0.3, 0.4) is 0 Å². The molecule has 1 heterocycles. The van der Waals surface area contributed by atoms with Crippen LogP contribution in [0.4, 0.5) is 8.78 Å². The van der Waals surface area contributed by atoms with Gasteiger partial charge in [0, 0.05) is 0 Å². The normalized spacial score (nSPS) is 16.7. The highest BCUT2D eigenvalue weighted by Crippen LogP contribution is 2.35. The van der Waals surface area contributed by atoms with Crippen molar-refractivity contribution in [2.24, 2.45) is 0 Å². The van der Waals surface area contributed by atoms with Crippen molar-refractivity contribution in [1.29, 1.82) is 0 Å². The average molecular weight is 352 g/mol. The van der Waals surface area contributed by atoms with Crippen molar-refractivity contribution in [3.05, 3.63) is 54.1 Å². The number of alkyl halides is 2. The Kier molecular flexibility index (Phi) is 5.33. The molecule has 0 unspecified atom stereocenters. The maximum atomic E-state index is 12.2. The summed E-state index contributed by atoms with van der Waals surface area (Å²) in [5.74, 6) is 0.805. The maximum absolute atomic E-state index is 12.2. The fraction of sp³-hybridized carbons (Fsp3) is 0.333. The second-order valence-electron chi connectivity index (χ2n) is 5.82. The zero-order valence-electron chi connectivity index (χ0n) is 12.6. The van der Waals surface area contributed by atoms with Gasteiger partial charge in [0.1, 0.15) is 5.75 Å². The van der Waals surface area contributed by atoms with Crippen LogP contribution in [0.5, 0.6) is 5.75 Å². The van der Waals surface area contributed by atoms with E-state index in [1.54, 1.807) is 24.3 Å². The summed E-state index contributed by atoms with van der Waals surface area (Å²) in [5.41, 5.74) is 3.45. The van der Waals surface area contributed by atoms with Gasteiger partial charge in [-0.1, -0.05) is 36.4 Å². The molecule has 1 fully saturated rings. The molecule has 1 radical (unpaired) electrons. The predicted octanol–water partition coefficient (Wildman–Crippen LogP) is 6.06. The lowest BCUT2D eigenvalue weighted by molar-refractivity contribution is -0.0498. The van der Waals surface area contributed by atoms with Crippen LogP contribution < -0.4 is 4.74 Å². The highest BCUT2D eigenvalue weighted by molar-refractivity contribution is 7.07. The van der Waals surface area contributed by atoms with Gasteiger partial charge in [-0.2, -0.15) is 19.9 Å². The van der Waals surface area contributed by atoms with Crippen LogP contribution in [0, 0.1) is 0 Å². The van der Waals surface area contributed by atoms with Gasteiger partial charge >= 0.3 is 6.61 Å². The van der Waals surface area contributed by atoms with Gasteiger partial charge in [0.25, 0.3) is 0 Å². The Hall–Kier alpha value is -1.39. The van der Waals surface area contributed by atoms with E-state index in [0.717, 1.165) is 11.1 Å². The minimum atomic E-state index is -2.79. The zero-order chi connectivity index (χ0) is 16.2. The lowest BCUT2D eigenvalue weighted by Gasteiger charge is -2.24. The second kappa shape index (κ2) is 7.45. The first kappa shape index (κ1) is 16.5. The van der Waals surface area contributed by atoms with Crippen LogP contribution in [0.15, 0.2) is 48.5 Å². The van der Waals surface area contributed by atoms with Crippen molar-refractivity contribution < 1.29 is 13.5 Å². The Morgan fingerprint density at radius 2 is 1.43 bits per heavy atom. The van der Waals surface area contributed by atoms with E-state index < -0.39 is 14.7 Å². The van der Waals surface area contributed by atoms with Crippen molar-refractivity contribution in [3.8, 4) is 16.9 Å². The van der Waals surface area contributed by atoms with Crippen molar-refractivity contribution in [1.82, 2.24) is 0 Å². The number of hydrogen-bond acceptors (Lipinski definition) is 1. The molecule has 1 nitrogen and oxygen atoms in total. The molecule has 0 atom stereocenters. The number of benzene rings is 2. The summed E-state index contributed by atoms with van der Waals surface area (Å²) in [6.45, 7) is -2.79. The third-order valence-corrected chi connectivity index (χ3v) is 7.12. The Balaban J connectivity index is 1.69. The number of rotatable bonds is 4. The van der Waals surface area contributed by atoms with Gasteiger partial charge in [0.05, 0.1) is 0 Å². The molecule has 0 N–H and O–H groups in total. The molecule has 0 aromatic heterocycles. The molecule has 3 rings (SSSR count). The molecule has 1 aliphatic heterocycles. The topological polar surface area (TPSA) is 9.23 Å². The van der Waals surface area contributed by atoms with Gasteiger partial charge in [0.2, 0.25) is 0 Å². The molecule has 0 aliphatic carbocycles. The average Bonchev–Trinajstić information content (AvgIpc) is 2.56. The predicted molar refractivity (Wildman–Crippen MR) is 91.7 cm³/mol. The SMILES string of the molecule is FC(F)Oc1ccc(-c2ccc(C3CC[Si](Cl)CC3)cc2)cc1. The van der Waals surface area contributed by atoms with Crippen LogP contribution >= 0.6 is 11.1 Å².